The minimum Gasteiger partial charge on any atom is -0.319 e. The SMILES string of the molecule is CC(C)(C)N(O[Si](C)(C)C(C)(C)C)c1ccc(C(=O)c2ccc(N(O[Si](C)(C)C(C)(C)C)C(C)(C)C)cc2)cc1. The highest BCUT2D eigenvalue weighted by atomic mass is 28.4. The number of anilines is 2. The van der Waals surface area contributed by atoms with Crippen molar-refractivity contribution < 1.29 is 13.8 Å². The van der Waals surface area contributed by atoms with Crippen molar-refractivity contribution in [3.63, 3.8) is 0 Å². The van der Waals surface area contributed by atoms with Crippen molar-refractivity contribution in [3.05, 3.63) is 59.7 Å². The van der Waals surface area contributed by atoms with Crippen LogP contribution in [-0.2, 0) is 9.05 Å². The third-order valence-electron chi connectivity index (χ3n) is 8.20. The van der Waals surface area contributed by atoms with E-state index in [-0.39, 0.29) is 26.9 Å². The average molecular weight is 585 g/mol. The predicted octanol–water partition coefficient (Wildman–Crippen LogP) is 10.0. The Labute approximate surface area is 247 Å². The summed E-state index contributed by atoms with van der Waals surface area (Å²) in [4.78, 5) is 13.4. The van der Waals surface area contributed by atoms with Gasteiger partial charge in [-0.05, 0) is 126 Å². The maximum absolute atomic E-state index is 13.4. The molecule has 40 heavy (non-hydrogen) atoms. The molecule has 2 aromatic rings. The lowest BCUT2D eigenvalue weighted by Gasteiger charge is -2.45. The minimum absolute atomic E-state index is 0.00153. The van der Waals surface area contributed by atoms with Gasteiger partial charge in [0.05, 0.1) is 22.5 Å². The molecule has 0 aromatic heterocycles. The van der Waals surface area contributed by atoms with E-state index in [9.17, 15) is 4.79 Å². The Kier molecular flexibility index (Phi) is 9.75. The molecule has 0 fully saturated rings. The summed E-state index contributed by atoms with van der Waals surface area (Å²) in [7, 11) is -4.11. The van der Waals surface area contributed by atoms with E-state index in [0.717, 1.165) is 11.4 Å². The number of hydrogen-bond acceptors (Lipinski definition) is 5. The molecule has 224 valence electrons. The van der Waals surface area contributed by atoms with E-state index in [4.69, 9.17) is 9.05 Å². The van der Waals surface area contributed by atoms with Crippen LogP contribution in [0.2, 0.25) is 36.3 Å². The van der Waals surface area contributed by atoms with Crippen LogP contribution in [0.3, 0.4) is 0 Å². The molecular formula is C33H56N2O3Si2. The molecule has 7 heteroatoms. The van der Waals surface area contributed by atoms with Crippen molar-refractivity contribution in [2.75, 3.05) is 10.1 Å². The average Bonchev–Trinajstić information content (AvgIpc) is 2.78. The molecule has 2 aromatic carbocycles. The van der Waals surface area contributed by atoms with Crippen LogP contribution in [0.15, 0.2) is 48.5 Å². The fourth-order valence-electron chi connectivity index (χ4n) is 3.55. The number of nitrogens with zero attached hydrogens (tertiary/aromatic N) is 2. The van der Waals surface area contributed by atoms with Crippen LogP contribution in [0, 0.1) is 0 Å². The summed E-state index contributed by atoms with van der Waals surface area (Å²) in [6.45, 7) is 35.4. The van der Waals surface area contributed by atoms with Crippen LogP contribution < -0.4 is 10.1 Å². The first-order valence-electron chi connectivity index (χ1n) is 14.5. The summed E-state index contributed by atoms with van der Waals surface area (Å²) >= 11 is 0. The van der Waals surface area contributed by atoms with Gasteiger partial charge in [-0.3, -0.25) is 14.9 Å². The zero-order chi connectivity index (χ0) is 31.1. The number of carbonyl (C=O) groups is 1. The third kappa shape index (κ3) is 8.08. The maximum atomic E-state index is 13.4. The summed E-state index contributed by atoms with van der Waals surface area (Å²) in [6.07, 6.45) is 0. The zero-order valence-electron chi connectivity index (χ0n) is 28.2. The summed E-state index contributed by atoms with van der Waals surface area (Å²) in [5.74, 6) is -0.00153. The first-order chi connectivity index (χ1) is 17.8. The Morgan fingerprint density at radius 2 is 0.775 bits per heavy atom. The molecule has 0 bridgehead atoms. The number of carbonyl (C=O) groups excluding carboxylic acids is 1. The lowest BCUT2D eigenvalue weighted by molar-refractivity contribution is 0.103. The lowest BCUT2D eigenvalue weighted by atomic mass is 10.0. The van der Waals surface area contributed by atoms with E-state index in [1.165, 1.54) is 0 Å². The second kappa shape index (κ2) is 11.4. The van der Waals surface area contributed by atoms with Crippen molar-refractivity contribution in [3.8, 4) is 0 Å². The van der Waals surface area contributed by atoms with E-state index >= 15 is 0 Å². The zero-order valence-corrected chi connectivity index (χ0v) is 30.2. The smallest absolute Gasteiger partial charge is 0.228 e. The molecule has 0 N–H and O–H groups in total. The van der Waals surface area contributed by atoms with Gasteiger partial charge < -0.3 is 9.05 Å². The quantitative estimate of drug-likeness (QED) is 0.175. The van der Waals surface area contributed by atoms with Crippen LogP contribution in [0.4, 0.5) is 11.4 Å². The molecule has 0 atom stereocenters. The Hall–Kier alpha value is -1.94. The summed E-state index contributed by atoms with van der Waals surface area (Å²) < 4.78 is 13.5. The van der Waals surface area contributed by atoms with Gasteiger partial charge in [-0.2, -0.15) is 0 Å². The second-order valence-corrected chi connectivity index (χ2v) is 25.5. The van der Waals surface area contributed by atoms with E-state index in [0.29, 0.717) is 11.1 Å². The first kappa shape index (κ1) is 34.3. The molecule has 0 radical (unpaired) electrons. The number of ketones is 1. The number of hydroxylamine groups is 2. The molecule has 0 saturated carbocycles. The van der Waals surface area contributed by atoms with Gasteiger partial charge in [0.25, 0.3) is 0 Å². The molecule has 0 unspecified atom stereocenters. The summed E-state index contributed by atoms with van der Waals surface area (Å²) in [5, 5.41) is 4.21. The van der Waals surface area contributed by atoms with Gasteiger partial charge in [-0.25, -0.2) is 0 Å². The highest BCUT2D eigenvalue weighted by Gasteiger charge is 2.43. The summed E-state index contributed by atoms with van der Waals surface area (Å²) in [6, 6.07) is 15.6. The van der Waals surface area contributed by atoms with Crippen LogP contribution in [0.1, 0.15) is 99.0 Å². The number of benzene rings is 2. The van der Waals surface area contributed by atoms with Crippen LogP contribution in [-0.4, -0.2) is 33.5 Å². The Balaban J connectivity index is 2.33. The first-order valence-corrected chi connectivity index (χ1v) is 20.3. The molecule has 5 nitrogen and oxygen atoms in total. The standard InChI is InChI=1S/C33H56N2O3Si2/c1-30(2,3)34(37-39(13,14)32(7,8)9)27-21-17-25(18-22-27)29(36)26-19-23-28(24-20-26)35(31(4,5)6)38-40(15,16)33(10,11)12/h17-24H,1-16H3. The molecule has 0 heterocycles. The Morgan fingerprint density at radius 1 is 0.525 bits per heavy atom. The van der Waals surface area contributed by atoms with Gasteiger partial charge in [0.1, 0.15) is 0 Å². The van der Waals surface area contributed by atoms with Crippen LogP contribution >= 0.6 is 0 Å². The fraction of sp³-hybridized carbons (Fsp3) is 0.606. The minimum atomic E-state index is -2.06. The van der Waals surface area contributed by atoms with E-state index in [2.05, 4.69) is 109 Å². The number of rotatable bonds is 8. The largest absolute Gasteiger partial charge is 0.319 e. The highest BCUT2D eigenvalue weighted by molar-refractivity contribution is 6.74. The third-order valence-corrected chi connectivity index (χ3v) is 16.7. The second-order valence-electron chi connectivity index (χ2n) is 16.1. The van der Waals surface area contributed by atoms with E-state index in [1.54, 1.807) is 0 Å². The van der Waals surface area contributed by atoms with Crippen molar-refractivity contribution in [1.82, 2.24) is 0 Å². The molecule has 0 aliphatic carbocycles. The highest BCUT2D eigenvalue weighted by Crippen LogP contribution is 2.41. The summed E-state index contributed by atoms with van der Waals surface area (Å²) in [5.41, 5.74) is 2.75. The monoisotopic (exact) mass is 584 g/mol. The van der Waals surface area contributed by atoms with Gasteiger partial charge in [0.15, 0.2) is 5.78 Å². The molecule has 0 aliphatic rings. The topological polar surface area (TPSA) is 42.0 Å². The van der Waals surface area contributed by atoms with Crippen molar-refractivity contribution >= 4 is 33.8 Å². The lowest BCUT2D eigenvalue weighted by Crippen LogP contribution is -2.52. The molecule has 2 rings (SSSR count). The van der Waals surface area contributed by atoms with Gasteiger partial charge in [0, 0.05) is 11.1 Å². The van der Waals surface area contributed by atoms with Crippen molar-refractivity contribution in [1.29, 1.82) is 0 Å². The number of hydrogen-bond donors (Lipinski definition) is 0. The Morgan fingerprint density at radius 3 is 0.975 bits per heavy atom. The van der Waals surface area contributed by atoms with Crippen LogP contribution in [0.25, 0.3) is 0 Å². The molecule has 0 aliphatic heterocycles. The van der Waals surface area contributed by atoms with Crippen LogP contribution in [0.5, 0.6) is 0 Å². The van der Waals surface area contributed by atoms with Gasteiger partial charge in [-0.1, -0.05) is 41.5 Å². The molecule has 0 amide bonds. The van der Waals surface area contributed by atoms with E-state index < -0.39 is 16.6 Å². The van der Waals surface area contributed by atoms with Crippen molar-refractivity contribution in [2.24, 2.45) is 0 Å². The maximum Gasteiger partial charge on any atom is 0.228 e. The van der Waals surface area contributed by atoms with Gasteiger partial charge >= 0.3 is 0 Å². The molecular weight excluding hydrogens is 529 g/mol. The van der Waals surface area contributed by atoms with Gasteiger partial charge in [0.2, 0.25) is 16.6 Å². The molecule has 0 saturated heterocycles. The van der Waals surface area contributed by atoms with Gasteiger partial charge in [-0.15, -0.1) is 0 Å². The normalized spacial score (nSPS) is 13.8. The van der Waals surface area contributed by atoms with E-state index in [1.807, 2.05) is 58.7 Å². The predicted molar refractivity (Wildman–Crippen MR) is 177 cm³/mol. The van der Waals surface area contributed by atoms with Crippen molar-refractivity contribution in [2.45, 2.75) is 130 Å². The Bertz CT molecular complexity index is 1050. The molecule has 0 spiro atoms. The fourth-order valence-corrected chi connectivity index (χ4v) is 5.77.